The summed E-state index contributed by atoms with van der Waals surface area (Å²) in [6.45, 7) is 5.21. The highest BCUT2D eigenvalue weighted by molar-refractivity contribution is 6.67. The molecule has 1 N–H and O–H groups in total. The summed E-state index contributed by atoms with van der Waals surface area (Å²) in [6.07, 6.45) is 5.87. The van der Waals surface area contributed by atoms with Gasteiger partial charge in [0.15, 0.2) is 0 Å². The summed E-state index contributed by atoms with van der Waals surface area (Å²) in [7, 11) is 3.47. The third-order valence-electron chi connectivity index (χ3n) is 3.52. The molecule has 0 atom stereocenters. The van der Waals surface area contributed by atoms with Crippen molar-refractivity contribution < 1.29 is 13.6 Å². The number of hydrogen-bond acceptors (Lipinski definition) is 4. The van der Waals surface area contributed by atoms with Gasteiger partial charge in [0, 0.05) is 27.9 Å². The fraction of sp³-hybridized carbons (Fsp3) is 1.00. The highest BCUT2D eigenvalue weighted by Crippen LogP contribution is 2.21. The second kappa shape index (κ2) is 13.1. The van der Waals surface area contributed by atoms with Gasteiger partial charge >= 0.3 is 8.56 Å². The van der Waals surface area contributed by atoms with Crippen LogP contribution in [-0.2, 0) is 13.6 Å². The molecular formula is C14H33NO3Si. The lowest BCUT2D eigenvalue weighted by molar-refractivity contribution is 0.192. The molecular weight excluding hydrogens is 258 g/mol. The molecule has 0 saturated carbocycles. The summed E-state index contributed by atoms with van der Waals surface area (Å²) < 4.78 is 16.5. The second-order valence-electron chi connectivity index (χ2n) is 4.98. The highest BCUT2D eigenvalue weighted by Gasteiger charge is 2.33. The van der Waals surface area contributed by atoms with Crippen molar-refractivity contribution in [2.24, 2.45) is 0 Å². The Morgan fingerprint density at radius 3 is 2.05 bits per heavy atom. The number of ether oxygens (including phenoxy) is 1. The standard InChI is InChI=1S/C14H33NO3Si/c1-5-6-13-19(17-3,18-4)14-9-11-15-10-7-8-12-16-2/h15H,5-14H2,1-4H3. The summed E-state index contributed by atoms with van der Waals surface area (Å²) in [5.74, 6) is 0. The Kier molecular flexibility index (Phi) is 13.1. The molecule has 0 amide bonds. The normalized spacial score (nSPS) is 12.0. The van der Waals surface area contributed by atoms with E-state index in [4.69, 9.17) is 13.6 Å². The van der Waals surface area contributed by atoms with Crippen molar-refractivity contribution in [3.63, 3.8) is 0 Å². The van der Waals surface area contributed by atoms with Gasteiger partial charge in [-0.05, 0) is 44.4 Å². The third kappa shape index (κ3) is 9.57. The zero-order valence-electron chi connectivity index (χ0n) is 13.3. The summed E-state index contributed by atoms with van der Waals surface area (Å²) in [5.41, 5.74) is 0. The second-order valence-corrected chi connectivity index (χ2v) is 8.61. The van der Waals surface area contributed by atoms with Crippen molar-refractivity contribution >= 4 is 8.56 Å². The van der Waals surface area contributed by atoms with Gasteiger partial charge in [0.25, 0.3) is 0 Å². The summed E-state index contributed by atoms with van der Waals surface area (Å²) in [4.78, 5) is 0. The molecule has 0 bridgehead atoms. The third-order valence-corrected chi connectivity index (χ3v) is 7.24. The number of unbranched alkanes of at least 4 members (excludes halogenated alkanes) is 2. The van der Waals surface area contributed by atoms with Crippen LogP contribution in [-0.4, -0.2) is 49.6 Å². The molecule has 0 aromatic carbocycles. The van der Waals surface area contributed by atoms with Gasteiger partial charge in [-0.15, -0.1) is 0 Å². The van der Waals surface area contributed by atoms with Gasteiger partial charge in [-0.2, -0.15) is 0 Å². The van der Waals surface area contributed by atoms with Crippen molar-refractivity contribution in [2.75, 3.05) is 41.0 Å². The maximum Gasteiger partial charge on any atom is 0.337 e. The lowest BCUT2D eigenvalue weighted by Crippen LogP contribution is -2.40. The fourth-order valence-electron chi connectivity index (χ4n) is 2.17. The molecule has 0 unspecified atom stereocenters. The van der Waals surface area contributed by atoms with Gasteiger partial charge in [0.1, 0.15) is 0 Å². The van der Waals surface area contributed by atoms with Gasteiger partial charge in [-0.1, -0.05) is 19.8 Å². The SMILES string of the molecule is CCCC[Si](CCCNCCCCOC)(OC)OC. The maximum atomic E-state index is 5.72. The molecule has 19 heavy (non-hydrogen) atoms. The largest absolute Gasteiger partial charge is 0.398 e. The summed E-state index contributed by atoms with van der Waals surface area (Å²) >= 11 is 0. The van der Waals surface area contributed by atoms with Crippen LogP contribution < -0.4 is 5.32 Å². The molecule has 116 valence electrons. The Hall–Kier alpha value is 0.0569. The van der Waals surface area contributed by atoms with Gasteiger partial charge in [0.05, 0.1) is 0 Å². The average molecular weight is 292 g/mol. The number of methoxy groups -OCH3 is 1. The highest BCUT2D eigenvalue weighted by atomic mass is 28.4. The Morgan fingerprint density at radius 1 is 0.842 bits per heavy atom. The summed E-state index contributed by atoms with van der Waals surface area (Å²) in [6, 6.07) is 2.20. The van der Waals surface area contributed by atoms with Crippen molar-refractivity contribution in [3.05, 3.63) is 0 Å². The number of nitrogens with one attached hydrogen (secondary N) is 1. The average Bonchev–Trinajstić information content (AvgIpc) is 2.45. The van der Waals surface area contributed by atoms with E-state index in [9.17, 15) is 0 Å². The molecule has 0 aliphatic heterocycles. The minimum Gasteiger partial charge on any atom is -0.398 e. The molecule has 0 aliphatic rings. The molecule has 0 rings (SSSR count). The quantitative estimate of drug-likeness (QED) is 0.394. The molecule has 0 aromatic rings. The van der Waals surface area contributed by atoms with Crippen LogP contribution in [0, 0.1) is 0 Å². The Bertz CT molecular complexity index is 190. The van der Waals surface area contributed by atoms with Crippen LogP contribution in [0.4, 0.5) is 0 Å². The van der Waals surface area contributed by atoms with Crippen molar-refractivity contribution in [2.45, 2.75) is 51.1 Å². The van der Waals surface area contributed by atoms with E-state index in [1.807, 2.05) is 14.2 Å². The van der Waals surface area contributed by atoms with E-state index in [1.165, 1.54) is 19.3 Å². The Morgan fingerprint density at radius 2 is 1.47 bits per heavy atom. The van der Waals surface area contributed by atoms with E-state index in [0.29, 0.717) is 0 Å². The lowest BCUT2D eigenvalue weighted by atomic mass is 10.3. The minimum absolute atomic E-state index is 0.863. The first-order chi connectivity index (χ1) is 9.24. The Labute approximate surface area is 120 Å². The fourth-order valence-corrected chi connectivity index (χ4v) is 5.01. The monoisotopic (exact) mass is 291 g/mol. The smallest absolute Gasteiger partial charge is 0.337 e. The molecule has 5 heteroatoms. The Balaban J connectivity index is 3.63. The molecule has 0 heterocycles. The predicted molar refractivity (Wildman–Crippen MR) is 82.9 cm³/mol. The number of rotatable bonds is 14. The van der Waals surface area contributed by atoms with Gasteiger partial charge < -0.3 is 18.9 Å². The zero-order chi connectivity index (χ0) is 14.4. The topological polar surface area (TPSA) is 39.7 Å². The van der Waals surface area contributed by atoms with E-state index in [1.54, 1.807) is 7.11 Å². The molecule has 0 aliphatic carbocycles. The van der Waals surface area contributed by atoms with Crippen LogP contribution in [0.3, 0.4) is 0 Å². The van der Waals surface area contributed by atoms with Gasteiger partial charge in [0.2, 0.25) is 0 Å². The van der Waals surface area contributed by atoms with E-state index < -0.39 is 8.56 Å². The van der Waals surface area contributed by atoms with Crippen LogP contribution >= 0.6 is 0 Å². The van der Waals surface area contributed by atoms with E-state index in [-0.39, 0.29) is 0 Å². The maximum absolute atomic E-state index is 5.72. The lowest BCUT2D eigenvalue weighted by Gasteiger charge is -2.27. The first kappa shape index (κ1) is 19.1. The molecule has 0 aromatic heterocycles. The van der Waals surface area contributed by atoms with Crippen LogP contribution in [0.2, 0.25) is 12.1 Å². The number of hydrogen-bond donors (Lipinski definition) is 1. The molecule has 0 saturated heterocycles. The van der Waals surface area contributed by atoms with Crippen LogP contribution in [0.15, 0.2) is 0 Å². The molecule has 0 fully saturated rings. The van der Waals surface area contributed by atoms with Crippen molar-refractivity contribution in [1.29, 1.82) is 0 Å². The molecule has 4 nitrogen and oxygen atoms in total. The molecule has 0 spiro atoms. The van der Waals surface area contributed by atoms with Crippen molar-refractivity contribution in [1.82, 2.24) is 5.32 Å². The van der Waals surface area contributed by atoms with E-state index >= 15 is 0 Å². The van der Waals surface area contributed by atoms with E-state index in [0.717, 1.165) is 44.6 Å². The van der Waals surface area contributed by atoms with Crippen LogP contribution in [0.25, 0.3) is 0 Å². The summed E-state index contributed by atoms with van der Waals surface area (Å²) in [5, 5.41) is 3.48. The first-order valence-electron chi connectivity index (χ1n) is 7.54. The molecule has 0 radical (unpaired) electrons. The zero-order valence-corrected chi connectivity index (χ0v) is 14.3. The minimum atomic E-state index is -1.91. The van der Waals surface area contributed by atoms with Crippen molar-refractivity contribution in [3.8, 4) is 0 Å². The van der Waals surface area contributed by atoms with Crippen LogP contribution in [0.5, 0.6) is 0 Å². The predicted octanol–water partition coefficient (Wildman–Crippen LogP) is 2.93. The van der Waals surface area contributed by atoms with E-state index in [2.05, 4.69) is 12.2 Å². The van der Waals surface area contributed by atoms with Gasteiger partial charge in [-0.3, -0.25) is 0 Å². The first-order valence-corrected chi connectivity index (χ1v) is 9.77. The van der Waals surface area contributed by atoms with Gasteiger partial charge in [-0.25, -0.2) is 0 Å². The van der Waals surface area contributed by atoms with Crippen LogP contribution in [0.1, 0.15) is 39.0 Å².